The highest BCUT2D eigenvalue weighted by atomic mass is 79.9. The highest BCUT2D eigenvalue weighted by Crippen LogP contribution is 2.23. The summed E-state index contributed by atoms with van der Waals surface area (Å²) in [6, 6.07) is 6.66. The first-order valence-electron chi connectivity index (χ1n) is 5.41. The number of carbonyl (C=O) groups excluding carboxylic acids is 1. The van der Waals surface area contributed by atoms with Crippen LogP contribution in [0.3, 0.4) is 0 Å². The van der Waals surface area contributed by atoms with Crippen LogP contribution in [0, 0.1) is 5.82 Å². The molecule has 1 amide bonds. The first kappa shape index (κ1) is 14.7. The van der Waals surface area contributed by atoms with Crippen LogP contribution in [-0.4, -0.2) is 17.9 Å². The van der Waals surface area contributed by atoms with Crippen molar-refractivity contribution in [1.29, 1.82) is 0 Å². The van der Waals surface area contributed by atoms with Gasteiger partial charge < -0.3 is 4.90 Å². The molecule has 2 aromatic rings. The van der Waals surface area contributed by atoms with Crippen LogP contribution in [0.4, 0.5) is 4.39 Å². The lowest BCUT2D eigenvalue weighted by atomic mass is 10.2. The molecule has 0 fully saturated rings. The van der Waals surface area contributed by atoms with E-state index in [1.54, 1.807) is 30.5 Å². The molecule has 2 rings (SSSR count). The topological polar surface area (TPSA) is 20.3 Å². The quantitative estimate of drug-likeness (QED) is 0.724. The van der Waals surface area contributed by atoms with E-state index < -0.39 is 5.82 Å². The van der Waals surface area contributed by atoms with Crippen molar-refractivity contribution in [3.05, 3.63) is 54.8 Å². The Kier molecular flexibility index (Phi) is 4.76. The van der Waals surface area contributed by atoms with Crippen LogP contribution in [0.5, 0.6) is 0 Å². The molecule has 0 N–H and O–H groups in total. The third kappa shape index (κ3) is 3.43. The lowest BCUT2D eigenvalue weighted by Gasteiger charge is -2.17. The van der Waals surface area contributed by atoms with E-state index in [1.165, 1.54) is 11.0 Å². The minimum atomic E-state index is -0.522. The van der Waals surface area contributed by atoms with Crippen molar-refractivity contribution in [2.24, 2.45) is 0 Å². The second-order valence-electron chi connectivity index (χ2n) is 4.02. The molecule has 1 aromatic carbocycles. The van der Waals surface area contributed by atoms with E-state index in [0.717, 1.165) is 9.35 Å². The molecule has 0 spiro atoms. The Bertz CT molecular complexity index is 614. The van der Waals surface area contributed by atoms with Crippen LogP contribution in [0.25, 0.3) is 0 Å². The molecule has 0 unspecified atom stereocenters. The molecule has 0 aliphatic rings. The number of rotatable bonds is 3. The lowest BCUT2D eigenvalue weighted by Crippen LogP contribution is -2.26. The Morgan fingerprint density at radius 1 is 1.42 bits per heavy atom. The summed E-state index contributed by atoms with van der Waals surface area (Å²) in [6.45, 7) is 0.451. The van der Waals surface area contributed by atoms with Crippen molar-refractivity contribution in [3.8, 4) is 0 Å². The highest BCUT2D eigenvalue weighted by molar-refractivity contribution is 9.11. The first-order chi connectivity index (χ1) is 8.99. The van der Waals surface area contributed by atoms with Crippen LogP contribution in [0.1, 0.15) is 15.9 Å². The summed E-state index contributed by atoms with van der Waals surface area (Å²) in [4.78, 5) is 13.7. The van der Waals surface area contributed by atoms with Crippen LogP contribution < -0.4 is 0 Å². The van der Waals surface area contributed by atoms with Gasteiger partial charge in [-0.2, -0.15) is 0 Å². The fourth-order valence-corrected chi connectivity index (χ4v) is 3.22. The molecule has 0 bridgehead atoms. The monoisotopic (exact) mass is 405 g/mol. The van der Waals surface area contributed by atoms with Gasteiger partial charge in [-0.25, -0.2) is 4.39 Å². The molecular weight excluding hydrogens is 397 g/mol. The van der Waals surface area contributed by atoms with Crippen molar-refractivity contribution in [2.75, 3.05) is 7.05 Å². The molecule has 19 heavy (non-hydrogen) atoms. The Balaban J connectivity index is 2.17. The number of halogens is 3. The smallest absolute Gasteiger partial charge is 0.256 e. The zero-order valence-corrected chi connectivity index (χ0v) is 14.0. The van der Waals surface area contributed by atoms with Gasteiger partial charge in [-0.3, -0.25) is 4.79 Å². The van der Waals surface area contributed by atoms with Gasteiger partial charge in [0, 0.05) is 13.6 Å². The number of thiophene rings is 1. The average Bonchev–Trinajstić information content (AvgIpc) is 2.77. The Labute approximate surface area is 131 Å². The first-order valence-corrected chi connectivity index (χ1v) is 7.88. The van der Waals surface area contributed by atoms with E-state index in [0.29, 0.717) is 11.0 Å². The van der Waals surface area contributed by atoms with Gasteiger partial charge in [0.05, 0.1) is 13.8 Å². The molecule has 0 saturated carbocycles. The molecule has 100 valence electrons. The van der Waals surface area contributed by atoms with E-state index in [4.69, 9.17) is 0 Å². The third-order valence-electron chi connectivity index (χ3n) is 2.57. The fraction of sp³-hybridized carbons (Fsp3) is 0.154. The van der Waals surface area contributed by atoms with Gasteiger partial charge in [-0.05, 0) is 61.0 Å². The SMILES string of the molecule is CN(Cc1csc(Br)c1)C(=O)c1cccc(Br)c1F. The predicted molar refractivity (Wildman–Crippen MR) is 81.9 cm³/mol. The Hall–Kier alpha value is -0.720. The number of hydrogen-bond donors (Lipinski definition) is 0. The van der Waals surface area contributed by atoms with E-state index >= 15 is 0 Å². The summed E-state index contributed by atoms with van der Waals surface area (Å²) in [6.07, 6.45) is 0. The number of amides is 1. The van der Waals surface area contributed by atoms with Gasteiger partial charge in [-0.15, -0.1) is 11.3 Å². The molecule has 0 aliphatic heterocycles. The van der Waals surface area contributed by atoms with Crippen molar-refractivity contribution in [1.82, 2.24) is 4.90 Å². The van der Waals surface area contributed by atoms with E-state index in [-0.39, 0.29) is 11.5 Å². The molecule has 0 saturated heterocycles. The summed E-state index contributed by atoms with van der Waals surface area (Å²) in [7, 11) is 1.66. The van der Waals surface area contributed by atoms with Gasteiger partial charge in [0.25, 0.3) is 5.91 Å². The zero-order valence-electron chi connectivity index (χ0n) is 9.99. The van der Waals surface area contributed by atoms with E-state index in [1.807, 2.05) is 11.4 Å². The summed E-state index contributed by atoms with van der Waals surface area (Å²) < 4.78 is 15.2. The molecule has 6 heteroatoms. The third-order valence-corrected chi connectivity index (χ3v) is 4.74. The summed E-state index contributed by atoms with van der Waals surface area (Å²) in [5.41, 5.74) is 1.09. The summed E-state index contributed by atoms with van der Waals surface area (Å²) in [5.74, 6) is -0.855. The molecule has 0 aliphatic carbocycles. The standard InChI is InChI=1S/C13H10Br2FNOS/c1-17(6-8-5-11(15)19-7-8)13(18)9-3-2-4-10(14)12(9)16/h2-5,7H,6H2,1H3. The second kappa shape index (κ2) is 6.15. The summed E-state index contributed by atoms with van der Waals surface area (Å²) >= 11 is 8.01. The number of benzene rings is 1. The minimum Gasteiger partial charge on any atom is -0.337 e. The lowest BCUT2D eigenvalue weighted by molar-refractivity contribution is 0.0780. The van der Waals surface area contributed by atoms with Gasteiger partial charge in [0.1, 0.15) is 5.82 Å². The number of nitrogens with zero attached hydrogens (tertiary/aromatic N) is 1. The van der Waals surface area contributed by atoms with Crippen molar-refractivity contribution < 1.29 is 9.18 Å². The zero-order chi connectivity index (χ0) is 14.0. The minimum absolute atomic E-state index is 0.0752. The fourth-order valence-electron chi connectivity index (χ4n) is 1.65. The molecule has 1 heterocycles. The Morgan fingerprint density at radius 3 is 2.79 bits per heavy atom. The maximum atomic E-state index is 13.9. The van der Waals surface area contributed by atoms with E-state index in [2.05, 4.69) is 31.9 Å². The molecule has 1 aromatic heterocycles. The summed E-state index contributed by atoms with van der Waals surface area (Å²) in [5, 5.41) is 1.96. The van der Waals surface area contributed by atoms with Crippen LogP contribution in [-0.2, 0) is 6.54 Å². The van der Waals surface area contributed by atoms with Gasteiger partial charge in [0.2, 0.25) is 0 Å². The predicted octanol–water partition coefficient (Wildman–Crippen LogP) is 4.68. The maximum absolute atomic E-state index is 13.9. The van der Waals surface area contributed by atoms with E-state index in [9.17, 15) is 9.18 Å². The van der Waals surface area contributed by atoms with Crippen molar-refractivity contribution in [2.45, 2.75) is 6.54 Å². The Morgan fingerprint density at radius 2 is 2.16 bits per heavy atom. The number of carbonyl (C=O) groups is 1. The van der Waals surface area contributed by atoms with Gasteiger partial charge >= 0.3 is 0 Å². The highest BCUT2D eigenvalue weighted by Gasteiger charge is 2.18. The normalized spacial score (nSPS) is 10.5. The second-order valence-corrected chi connectivity index (χ2v) is 7.17. The van der Waals surface area contributed by atoms with Crippen molar-refractivity contribution >= 4 is 49.1 Å². The number of hydrogen-bond acceptors (Lipinski definition) is 2. The van der Waals surface area contributed by atoms with Gasteiger partial charge in [-0.1, -0.05) is 6.07 Å². The molecule has 0 radical (unpaired) electrons. The van der Waals surface area contributed by atoms with Crippen LogP contribution in [0.15, 0.2) is 37.9 Å². The van der Waals surface area contributed by atoms with Crippen LogP contribution in [0.2, 0.25) is 0 Å². The maximum Gasteiger partial charge on any atom is 0.256 e. The van der Waals surface area contributed by atoms with Crippen molar-refractivity contribution in [3.63, 3.8) is 0 Å². The van der Waals surface area contributed by atoms with Gasteiger partial charge in [0.15, 0.2) is 0 Å². The molecular formula is C13H10Br2FNOS. The molecule has 2 nitrogen and oxygen atoms in total. The average molecular weight is 407 g/mol. The largest absolute Gasteiger partial charge is 0.337 e. The van der Waals surface area contributed by atoms with Crippen LogP contribution >= 0.6 is 43.2 Å². The molecule has 0 atom stereocenters.